The van der Waals surface area contributed by atoms with Crippen LogP contribution in [0.5, 0.6) is 11.5 Å². The molecule has 0 amide bonds. The van der Waals surface area contributed by atoms with Crippen LogP contribution in [0.2, 0.25) is 10.0 Å². The molecule has 8 nitrogen and oxygen atoms in total. The molecule has 54 heavy (non-hydrogen) atoms. The van der Waals surface area contributed by atoms with E-state index in [4.69, 9.17) is 32.7 Å². The summed E-state index contributed by atoms with van der Waals surface area (Å²) in [5.41, 5.74) is 6.41. The van der Waals surface area contributed by atoms with Gasteiger partial charge in [-0.25, -0.2) is 16.8 Å². The molecular formula is C42H52Cl2N2O6S2. The standard InChI is InChI=1S/2C21H26ClNO3S/c2*1-21(2)18(11-7-15-13-16(22)8-12-19(15)26-3)20(21)14-5-9-17(10-6-14)23-27(4,24)25/h2*5-6,8-10,12-13,18,20,23H,7,11H2,1-4H3/t2*18-,20-/m10/s1. The predicted octanol–water partition coefficient (Wildman–Crippen LogP) is 10.2. The zero-order chi connectivity index (χ0) is 39.6. The van der Waals surface area contributed by atoms with E-state index in [1.807, 2.05) is 84.9 Å². The first-order chi connectivity index (χ1) is 25.2. The number of aryl methyl sites for hydroxylation is 2. The molecular weight excluding hydrogens is 764 g/mol. The van der Waals surface area contributed by atoms with Gasteiger partial charge in [0.1, 0.15) is 11.5 Å². The zero-order valence-corrected chi connectivity index (χ0v) is 35.4. The Morgan fingerprint density at radius 3 is 1.20 bits per heavy atom. The van der Waals surface area contributed by atoms with Crippen molar-refractivity contribution in [2.45, 2.75) is 65.2 Å². The van der Waals surface area contributed by atoms with Crippen molar-refractivity contribution in [1.82, 2.24) is 0 Å². The van der Waals surface area contributed by atoms with Crippen molar-refractivity contribution in [2.75, 3.05) is 36.2 Å². The van der Waals surface area contributed by atoms with Crippen LogP contribution in [0.25, 0.3) is 0 Å². The van der Waals surface area contributed by atoms with Crippen LogP contribution in [-0.4, -0.2) is 43.6 Å². The van der Waals surface area contributed by atoms with Gasteiger partial charge in [0.2, 0.25) is 20.0 Å². The first-order valence-electron chi connectivity index (χ1n) is 18.0. The van der Waals surface area contributed by atoms with Crippen molar-refractivity contribution in [3.8, 4) is 11.5 Å². The molecule has 292 valence electrons. The number of rotatable bonds is 14. The molecule has 12 heteroatoms. The van der Waals surface area contributed by atoms with Crippen molar-refractivity contribution < 1.29 is 26.3 Å². The summed E-state index contributed by atoms with van der Waals surface area (Å²) in [6.07, 6.45) is 6.26. The number of anilines is 2. The molecule has 0 aliphatic heterocycles. The minimum Gasteiger partial charge on any atom is -0.496 e. The lowest BCUT2D eigenvalue weighted by Gasteiger charge is -2.09. The van der Waals surface area contributed by atoms with Gasteiger partial charge in [-0.2, -0.15) is 0 Å². The van der Waals surface area contributed by atoms with Crippen molar-refractivity contribution in [2.24, 2.45) is 22.7 Å². The number of sulfonamides is 2. The lowest BCUT2D eigenvalue weighted by molar-refractivity contribution is 0.407. The van der Waals surface area contributed by atoms with Crippen LogP contribution in [0, 0.1) is 22.7 Å². The van der Waals surface area contributed by atoms with Crippen LogP contribution < -0.4 is 18.9 Å². The number of methoxy groups -OCH3 is 2. The average Bonchev–Trinajstić information content (AvgIpc) is 3.86. The molecule has 0 unspecified atom stereocenters. The Bertz CT molecular complexity index is 2000. The minimum atomic E-state index is -3.25. The molecule has 4 atom stereocenters. The van der Waals surface area contributed by atoms with E-state index in [-0.39, 0.29) is 10.8 Å². The third-order valence-corrected chi connectivity index (χ3v) is 12.9. The minimum absolute atomic E-state index is 0.220. The molecule has 0 heterocycles. The third-order valence-electron chi connectivity index (χ3n) is 11.2. The zero-order valence-electron chi connectivity index (χ0n) is 32.2. The van der Waals surface area contributed by atoms with Crippen molar-refractivity contribution in [3.63, 3.8) is 0 Å². The molecule has 4 aromatic carbocycles. The Morgan fingerprint density at radius 2 is 0.907 bits per heavy atom. The van der Waals surface area contributed by atoms with Gasteiger partial charge in [-0.3, -0.25) is 9.44 Å². The molecule has 6 rings (SSSR count). The normalized spacial score (nSPS) is 20.9. The lowest BCUT2D eigenvalue weighted by atomic mass is 10.0. The highest BCUT2D eigenvalue weighted by Gasteiger charge is 2.58. The van der Waals surface area contributed by atoms with E-state index < -0.39 is 20.0 Å². The maximum atomic E-state index is 11.4. The fourth-order valence-electron chi connectivity index (χ4n) is 8.34. The largest absolute Gasteiger partial charge is 0.496 e. The topological polar surface area (TPSA) is 111 Å². The number of hydrogen-bond donors (Lipinski definition) is 2. The van der Waals surface area contributed by atoms with E-state index in [2.05, 4.69) is 37.1 Å². The van der Waals surface area contributed by atoms with Crippen LogP contribution in [0.3, 0.4) is 0 Å². The maximum absolute atomic E-state index is 11.4. The number of ether oxygens (including phenoxy) is 2. The highest BCUT2D eigenvalue weighted by molar-refractivity contribution is 7.92. The molecule has 0 spiro atoms. The van der Waals surface area contributed by atoms with E-state index in [1.54, 1.807) is 14.2 Å². The molecule has 2 N–H and O–H groups in total. The van der Waals surface area contributed by atoms with Crippen LogP contribution in [0.1, 0.15) is 74.6 Å². The highest BCUT2D eigenvalue weighted by atomic mass is 35.5. The predicted molar refractivity (Wildman–Crippen MR) is 222 cm³/mol. The van der Waals surface area contributed by atoms with E-state index in [0.717, 1.165) is 70.9 Å². The Morgan fingerprint density at radius 1 is 0.574 bits per heavy atom. The maximum Gasteiger partial charge on any atom is 0.229 e. The first-order valence-corrected chi connectivity index (χ1v) is 22.6. The summed E-state index contributed by atoms with van der Waals surface area (Å²) in [5, 5.41) is 1.46. The van der Waals surface area contributed by atoms with Gasteiger partial charge in [0, 0.05) is 21.4 Å². The summed E-state index contributed by atoms with van der Waals surface area (Å²) in [4.78, 5) is 0. The van der Waals surface area contributed by atoms with E-state index in [0.29, 0.717) is 35.0 Å². The van der Waals surface area contributed by atoms with E-state index in [9.17, 15) is 16.8 Å². The quantitative estimate of drug-likeness (QED) is 0.131. The smallest absolute Gasteiger partial charge is 0.229 e. The van der Waals surface area contributed by atoms with Crippen LogP contribution >= 0.6 is 23.2 Å². The molecule has 2 saturated carbocycles. The summed E-state index contributed by atoms with van der Waals surface area (Å²) < 4.78 is 61.3. The lowest BCUT2D eigenvalue weighted by Crippen LogP contribution is -2.09. The molecule has 2 aliphatic carbocycles. The summed E-state index contributed by atoms with van der Waals surface area (Å²) in [6.45, 7) is 9.17. The molecule has 0 radical (unpaired) electrons. The van der Waals surface area contributed by atoms with Crippen LogP contribution in [-0.2, 0) is 32.9 Å². The summed E-state index contributed by atoms with van der Waals surface area (Å²) in [6, 6.07) is 26.9. The Balaban J connectivity index is 0.000000208. The number of halogens is 2. The molecule has 4 aromatic rings. The SMILES string of the molecule is COc1ccc(Cl)cc1CC[C@@H]1[C@@H](c2ccc(NS(C)(=O)=O)cc2)C1(C)C.COc1ccc(Cl)cc1CC[C@H]1[C@H](c2ccc(NS(C)(=O)=O)cc2)C1(C)C. The molecule has 0 saturated heterocycles. The molecule has 2 fully saturated rings. The van der Waals surface area contributed by atoms with Crippen LogP contribution in [0.15, 0.2) is 84.9 Å². The number of benzene rings is 4. The van der Waals surface area contributed by atoms with Gasteiger partial charge in [0.15, 0.2) is 0 Å². The third kappa shape index (κ3) is 10.4. The van der Waals surface area contributed by atoms with Gasteiger partial charge in [0.25, 0.3) is 0 Å². The monoisotopic (exact) mass is 814 g/mol. The fraction of sp³-hybridized carbons (Fsp3) is 0.429. The first kappa shape index (κ1) is 41.7. The van der Waals surface area contributed by atoms with E-state index in [1.165, 1.54) is 11.1 Å². The average molecular weight is 816 g/mol. The number of nitrogens with one attached hydrogen (secondary N) is 2. The summed E-state index contributed by atoms with van der Waals surface area (Å²) in [5.74, 6) is 3.82. The summed E-state index contributed by atoms with van der Waals surface area (Å²) in [7, 11) is -3.13. The van der Waals surface area contributed by atoms with Gasteiger partial charge < -0.3 is 9.47 Å². The van der Waals surface area contributed by atoms with Crippen molar-refractivity contribution in [3.05, 3.63) is 117 Å². The Hall–Kier alpha value is -3.44. The molecule has 0 bridgehead atoms. The van der Waals surface area contributed by atoms with Gasteiger partial charge in [-0.05, 0) is 143 Å². The molecule has 0 aromatic heterocycles. The van der Waals surface area contributed by atoms with Crippen molar-refractivity contribution in [1.29, 1.82) is 0 Å². The number of hydrogen-bond acceptors (Lipinski definition) is 6. The highest BCUT2D eigenvalue weighted by Crippen LogP contribution is 2.67. The van der Waals surface area contributed by atoms with E-state index >= 15 is 0 Å². The summed E-state index contributed by atoms with van der Waals surface area (Å²) >= 11 is 12.3. The fourth-order valence-corrected chi connectivity index (χ4v) is 9.86. The Labute approximate surface area is 332 Å². The van der Waals surface area contributed by atoms with Crippen molar-refractivity contribution >= 4 is 54.6 Å². The van der Waals surface area contributed by atoms with Gasteiger partial charge >= 0.3 is 0 Å². The van der Waals surface area contributed by atoms with Crippen LogP contribution in [0.4, 0.5) is 11.4 Å². The molecule has 2 aliphatic rings. The van der Waals surface area contributed by atoms with Gasteiger partial charge in [-0.1, -0.05) is 75.2 Å². The second-order valence-electron chi connectivity index (χ2n) is 15.8. The van der Waals surface area contributed by atoms with Gasteiger partial charge in [0.05, 0.1) is 26.7 Å². The second kappa shape index (κ2) is 16.3. The Kier molecular flexibility index (Phi) is 12.6. The van der Waals surface area contributed by atoms with Gasteiger partial charge in [-0.15, -0.1) is 0 Å². The second-order valence-corrected chi connectivity index (χ2v) is 20.2.